The summed E-state index contributed by atoms with van der Waals surface area (Å²) in [5.74, 6) is 1.64. The largest absolute Gasteiger partial charge is 0.497 e. The smallest absolute Gasteiger partial charge is 0.162 e. The Kier molecular flexibility index (Phi) is 4.60. The molecule has 0 N–H and O–H groups in total. The summed E-state index contributed by atoms with van der Waals surface area (Å²) >= 11 is 0. The summed E-state index contributed by atoms with van der Waals surface area (Å²) in [6, 6.07) is 0. The molecular weight excluding hydrogens is 188 g/mol. The highest BCUT2D eigenvalue weighted by Gasteiger charge is 2.20. The van der Waals surface area contributed by atoms with Gasteiger partial charge in [0.2, 0.25) is 0 Å². The third kappa shape index (κ3) is 3.54. The molecule has 0 aliphatic heterocycles. The highest BCUT2D eigenvalue weighted by molar-refractivity contribution is 5.96. The summed E-state index contributed by atoms with van der Waals surface area (Å²) in [7, 11) is 0. The van der Waals surface area contributed by atoms with Crippen LogP contribution in [0.2, 0.25) is 0 Å². The van der Waals surface area contributed by atoms with E-state index >= 15 is 0 Å². The molecule has 0 aromatic carbocycles. The van der Waals surface area contributed by atoms with Crippen molar-refractivity contribution in [3.8, 4) is 0 Å². The van der Waals surface area contributed by atoms with Crippen LogP contribution in [-0.4, -0.2) is 12.4 Å². The third-order valence-electron chi connectivity index (χ3n) is 2.42. The SMILES string of the molecule is C=CCC1=C(OCC(C)C)CCCC1=O. The number of hydrogen-bond acceptors (Lipinski definition) is 2. The van der Waals surface area contributed by atoms with Crippen molar-refractivity contribution in [2.75, 3.05) is 6.61 Å². The molecule has 0 saturated carbocycles. The van der Waals surface area contributed by atoms with Crippen LogP contribution in [0.3, 0.4) is 0 Å². The molecule has 0 fully saturated rings. The Morgan fingerprint density at radius 2 is 2.20 bits per heavy atom. The zero-order chi connectivity index (χ0) is 11.3. The fourth-order valence-corrected chi connectivity index (χ4v) is 1.67. The molecule has 2 nitrogen and oxygen atoms in total. The Balaban J connectivity index is 2.72. The van der Waals surface area contributed by atoms with E-state index in [0.29, 0.717) is 25.4 Å². The molecule has 0 spiro atoms. The van der Waals surface area contributed by atoms with Crippen molar-refractivity contribution in [1.82, 2.24) is 0 Å². The maximum Gasteiger partial charge on any atom is 0.162 e. The number of hydrogen-bond donors (Lipinski definition) is 0. The summed E-state index contributed by atoms with van der Waals surface area (Å²) in [5.41, 5.74) is 0.844. The minimum atomic E-state index is 0.236. The zero-order valence-corrected chi connectivity index (χ0v) is 9.71. The minimum absolute atomic E-state index is 0.236. The third-order valence-corrected chi connectivity index (χ3v) is 2.42. The summed E-state index contributed by atoms with van der Waals surface area (Å²) in [6.07, 6.45) is 4.91. The lowest BCUT2D eigenvalue weighted by molar-refractivity contribution is -0.116. The predicted molar refractivity (Wildman–Crippen MR) is 61.5 cm³/mol. The average molecular weight is 208 g/mol. The molecule has 15 heavy (non-hydrogen) atoms. The van der Waals surface area contributed by atoms with Crippen LogP contribution < -0.4 is 0 Å². The first-order chi connectivity index (χ1) is 7.15. The second kappa shape index (κ2) is 5.74. The molecule has 0 bridgehead atoms. The molecule has 0 unspecified atom stereocenters. The van der Waals surface area contributed by atoms with Crippen LogP contribution in [0.25, 0.3) is 0 Å². The highest BCUT2D eigenvalue weighted by atomic mass is 16.5. The topological polar surface area (TPSA) is 26.3 Å². The molecule has 0 saturated heterocycles. The van der Waals surface area contributed by atoms with Crippen molar-refractivity contribution >= 4 is 5.78 Å². The molecule has 0 amide bonds. The van der Waals surface area contributed by atoms with E-state index in [9.17, 15) is 4.79 Å². The van der Waals surface area contributed by atoms with E-state index in [0.717, 1.165) is 24.2 Å². The second-order valence-electron chi connectivity index (χ2n) is 4.38. The van der Waals surface area contributed by atoms with Gasteiger partial charge in [0.1, 0.15) is 5.76 Å². The number of carbonyl (C=O) groups excluding carboxylic acids is 1. The molecule has 0 heterocycles. The van der Waals surface area contributed by atoms with Gasteiger partial charge in [-0.3, -0.25) is 4.79 Å². The summed E-state index contributed by atoms with van der Waals surface area (Å²) in [4.78, 5) is 11.7. The van der Waals surface area contributed by atoms with Crippen LogP contribution in [0.5, 0.6) is 0 Å². The van der Waals surface area contributed by atoms with Gasteiger partial charge in [0, 0.05) is 18.4 Å². The summed E-state index contributed by atoms with van der Waals surface area (Å²) < 4.78 is 5.69. The Hall–Kier alpha value is -1.05. The number of allylic oxidation sites excluding steroid dienone is 3. The maximum absolute atomic E-state index is 11.7. The summed E-state index contributed by atoms with van der Waals surface area (Å²) in [5, 5.41) is 0. The Bertz CT molecular complexity index is 274. The molecule has 84 valence electrons. The number of ketones is 1. The molecule has 0 radical (unpaired) electrons. The standard InChI is InChI=1S/C13H20O2/c1-4-6-11-12(14)7-5-8-13(11)15-9-10(2)3/h4,10H,1,5-9H2,2-3H3. The molecule has 1 rings (SSSR count). The van der Waals surface area contributed by atoms with Gasteiger partial charge < -0.3 is 4.74 Å². The van der Waals surface area contributed by atoms with Gasteiger partial charge in [-0.25, -0.2) is 0 Å². The Morgan fingerprint density at radius 3 is 2.80 bits per heavy atom. The monoisotopic (exact) mass is 208 g/mol. The van der Waals surface area contributed by atoms with Crippen molar-refractivity contribution in [3.05, 3.63) is 24.0 Å². The number of ether oxygens (including phenoxy) is 1. The van der Waals surface area contributed by atoms with E-state index < -0.39 is 0 Å². The zero-order valence-electron chi connectivity index (χ0n) is 9.71. The van der Waals surface area contributed by atoms with Gasteiger partial charge in [-0.1, -0.05) is 19.9 Å². The first kappa shape index (κ1) is 12.0. The van der Waals surface area contributed by atoms with Crippen LogP contribution >= 0.6 is 0 Å². The molecule has 0 atom stereocenters. The van der Waals surface area contributed by atoms with Crippen molar-refractivity contribution in [2.45, 2.75) is 39.5 Å². The lowest BCUT2D eigenvalue weighted by Gasteiger charge is -2.20. The molecule has 0 aromatic rings. The molecule has 2 heteroatoms. The van der Waals surface area contributed by atoms with Crippen LogP contribution in [0.4, 0.5) is 0 Å². The minimum Gasteiger partial charge on any atom is -0.497 e. The first-order valence-corrected chi connectivity index (χ1v) is 5.64. The quantitative estimate of drug-likeness (QED) is 0.648. The van der Waals surface area contributed by atoms with Crippen molar-refractivity contribution in [2.24, 2.45) is 5.92 Å². The van der Waals surface area contributed by atoms with Gasteiger partial charge in [-0.2, -0.15) is 0 Å². The van der Waals surface area contributed by atoms with Gasteiger partial charge in [-0.05, 0) is 18.8 Å². The van der Waals surface area contributed by atoms with Crippen LogP contribution in [0.1, 0.15) is 39.5 Å². The van der Waals surface area contributed by atoms with E-state index in [1.54, 1.807) is 6.08 Å². The van der Waals surface area contributed by atoms with Gasteiger partial charge >= 0.3 is 0 Å². The van der Waals surface area contributed by atoms with Crippen molar-refractivity contribution in [1.29, 1.82) is 0 Å². The summed E-state index contributed by atoms with van der Waals surface area (Å²) in [6.45, 7) is 8.59. The van der Waals surface area contributed by atoms with Gasteiger partial charge in [-0.15, -0.1) is 6.58 Å². The van der Waals surface area contributed by atoms with Gasteiger partial charge in [0.05, 0.1) is 6.61 Å². The number of carbonyl (C=O) groups is 1. The normalized spacial score (nSPS) is 17.1. The van der Waals surface area contributed by atoms with E-state index in [4.69, 9.17) is 4.74 Å². The van der Waals surface area contributed by atoms with Crippen molar-refractivity contribution < 1.29 is 9.53 Å². The molecule has 1 aliphatic carbocycles. The number of Topliss-reactive ketones (excluding diaryl/α,β-unsaturated/α-hetero) is 1. The molecule has 0 aromatic heterocycles. The van der Waals surface area contributed by atoms with E-state index in [2.05, 4.69) is 20.4 Å². The van der Waals surface area contributed by atoms with Crippen LogP contribution in [0.15, 0.2) is 24.0 Å². The van der Waals surface area contributed by atoms with E-state index in [1.165, 1.54) is 0 Å². The lowest BCUT2D eigenvalue weighted by atomic mass is 9.94. The number of rotatable bonds is 5. The highest BCUT2D eigenvalue weighted by Crippen LogP contribution is 2.25. The Labute approximate surface area is 92.0 Å². The van der Waals surface area contributed by atoms with Crippen LogP contribution in [0, 0.1) is 5.92 Å². The molecular formula is C13H20O2. The fourth-order valence-electron chi connectivity index (χ4n) is 1.67. The van der Waals surface area contributed by atoms with Crippen molar-refractivity contribution in [3.63, 3.8) is 0 Å². The average Bonchev–Trinajstić information content (AvgIpc) is 2.19. The van der Waals surface area contributed by atoms with Crippen LogP contribution in [-0.2, 0) is 9.53 Å². The van der Waals surface area contributed by atoms with Gasteiger partial charge in [0.15, 0.2) is 5.78 Å². The van der Waals surface area contributed by atoms with E-state index in [-0.39, 0.29) is 5.78 Å². The second-order valence-corrected chi connectivity index (χ2v) is 4.38. The van der Waals surface area contributed by atoms with E-state index in [1.807, 2.05) is 0 Å². The fraction of sp³-hybridized carbons (Fsp3) is 0.615. The molecule has 1 aliphatic rings. The maximum atomic E-state index is 11.7. The Morgan fingerprint density at radius 1 is 1.47 bits per heavy atom. The predicted octanol–water partition coefficient (Wildman–Crippen LogP) is 3.24. The first-order valence-electron chi connectivity index (χ1n) is 5.64. The van der Waals surface area contributed by atoms with Gasteiger partial charge in [0.25, 0.3) is 0 Å². The lowest BCUT2D eigenvalue weighted by Crippen LogP contribution is -2.14.